The van der Waals surface area contributed by atoms with Gasteiger partial charge in [0, 0.05) is 28.8 Å². The molecule has 0 radical (unpaired) electrons. The van der Waals surface area contributed by atoms with Crippen molar-refractivity contribution in [3.8, 4) is 0 Å². The highest BCUT2D eigenvalue weighted by Gasteiger charge is 2.31. The van der Waals surface area contributed by atoms with Crippen LogP contribution in [-0.2, 0) is 0 Å². The number of anilines is 1. The highest BCUT2D eigenvalue weighted by Crippen LogP contribution is 2.29. The zero-order valence-electron chi connectivity index (χ0n) is 11.0. The Bertz CT molecular complexity index is 412. The van der Waals surface area contributed by atoms with Crippen LogP contribution >= 0.6 is 15.9 Å². The van der Waals surface area contributed by atoms with E-state index in [0.717, 1.165) is 6.04 Å². The summed E-state index contributed by atoms with van der Waals surface area (Å²) in [6.07, 6.45) is 5.39. The van der Waals surface area contributed by atoms with Gasteiger partial charge >= 0.3 is 0 Å². The van der Waals surface area contributed by atoms with E-state index in [-0.39, 0.29) is 0 Å². The molecule has 0 aromatic heterocycles. The number of fused-ring (bicyclic) bond motifs is 1. The summed E-state index contributed by atoms with van der Waals surface area (Å²) in [4.78, 5) is 2.67. The first kappa shape index (κ1) is 12.5. The zero-order valence-corrected chi connectivity index (χ0v) is 12.5. The molecule has 1 N–H and O–H groups in total. The molecule has 98 valence electrons. The highest BCUT2D eigenvalue weighted by molar-refractivity contribution is 9.10. The third kappa shape index (κ3) is 2.72. The predicted octanol–water partition coefficient (Wildman–Crippen LogP) is 3.80. The van der Waals surface area contributed by atoms with E-state index in [0.29, 0.717) is 6.04 Å². The van der Waals surface area contributed by atoms with Crippen LogP contribution in [0.15, 0.2) is 22.7 Å². The predicted molar refractivity (Wildman–Crippen MR) is 80.1 cm³/mol. The maximum Gasteiger partial charge on any atom is 0.0356 e. The van der Waals surface area contributed by atoms with Crippen LogP contribution in [0.4, 0.5) is 5.69 Å². The highest BCUT2D eigenvalue weighted by atomic mass is 79.9. The molecule has 2 aliphatic heterocycles. The van der Waals surface area contributed by atoms with E-state index in [1.807, 2.05) is 0 Å². The van der Waals surface area contributed by atoms with Gasteiger partial charge in [0.2, 0.25) is 0 Å². The summed E-state index contributed by atoms with van der Waals surface area (Å²) in [6, 6.07) is 8.08. The van der Waals surface area contributed by atoms with Gasteiger partial charge in [-0.1, -0.05) is 15.9 Å². The molecule has 2 saturated heterocycles. The molecule has 0 saturated carbocycles. The minimum Gasteiger partial charge on any atom is -0.382 e. The summed E-state index contributed by atoms with van der Waals surface area (Å²) in [5.41, 5.74) is 2.57. The number of aryl methyl sites for hydroxylation is 1. The van der Waals surface area contributed by atoms with Crippen LogP contribution < -0.4 is 5.32 Å². The van der Waals surface area contributed by atoms with Crippen molar-refractivity contribution in [3.05, 3.63) is 28.2 Å². The minimum atomic E-state index is 0.651. The molecule has 2 fully saturated rings. The molecular weight excluding hydrogens is 288 g/mol. The minimum absolute atomic E-state index is 0.651. The van der Waals surface area contributed by atoms with Gasteiger partial charge in [0.25, 0.3) is 0 Å². The van der Waals surface area contributed by atoms with Crippen molar-refractivity contribution in [2.24, 2.45) is 0 Å². The fourth-order valence-electron chi connectivity index (χ4n) is 3.41. The molecule has 1 aromatic rings. The van der Waals surface area contributed by atoms with Gasteiger partial charge in [0.15, 0.2) is 0 Å². The topological polar surface area (TPSA) is 15.3 Å². The number of hydrogen-bond donors (Lipinski definition) is 1. The molecule has 3 rings (SSSR count). The number of benzene rings is 1. The van der Waals surface area contributed by atoms with Crippen LogP contribution in [0.25, 0.3) is 0 Å². The average Bonchev–Trinajstić information content (AvgIpc) is 2.74. The van der Waals surface area contributed by atoms with E-state index < -0.39 is 0 Å². The van der Waals surface area contributed by atoms with Crippen molar-refractivity contribution in [2.75, 3.05) is 18.4 Å². The second kappa shape index (κ2) is 5.22. The first-order chi connectivity index (χ1) is 8.70. The Morgan fingerprint density at radius 1 is 1.22 bits per heavy atom. The summed E-state index contributed by atoms with van der Waals surface area (Å²) in [5, 5.41) is 3.72. The number of rotatable bonds is 2. The molecule has 2 nitrogen and oxygen atoms in total. The van der Waals surface area contributed by atoms with Crippen molar-refractivity contribution in [3.63, 3.8) is 0 Å². The standard InChI is InChI=1S/C15H21BrN2/c1-11-7-12(16)9-14(8-11)17-13-4-6-18-5-2-3-15(18)10-13/h7-9,13,15,17H,2-6,10H2,1H3. The van der Waals surface area contributed by atoms with Crippen LogP contribution in [0.5, 0.6) is 0 Å². The van der Waals surface area contributed by atoms with Crippen molar-refractivity contribution < 1.29 is 0 Å². The van der Waals surface area contributed by atoms with Gasteiger partial charge < -0.3 is 10.2 Å². The summed E-state index contributed by atoms with van der Waals surface area (Å²) < 4.78 is 1.17. The largest absolute Gasteiger partial charge is 0.382 e. The van der Waals surface area contributed by atoms with E-state index >= 15 is 0 Å². The third-order valence-electron chi connectivity index (χ3n) is 4.23. The summed E-state index contributed by atoms with van der Waals surface area (Å²) >= 11 is 3.57. The second-order valence-electron chi connectivity index (χ2n) is 5.71. The van der Waals surface area contributed by atoms with Crippen molar-refractivity contribution in [1.29, 1.82) is 0 Å². The number of piperidine rings is 1. The Labute approximate surface area is 118 Å². The first-order valence-electron chi connectivity index (χ1n) is 6.98. The number of halogens is 1. The van der Waals surface area contributed by atoms with Gasteiger partial charge in [-0.2, -0.15) is 0 Å². The molecule has 0 bridgehead atoms. The van der Waals surface area contributed by atoms with Gasteiger partial charge in [-0.15, -0.1) is 0 Å². The molecule has 2 aliphatic rings. The summed E-state index contributed by atoms with van der Waals surface area (Å²) in [6.45, 7) is 4.75. The fraction of sp³-hybridized carbons (Fsp3) is 0.600. The molecule has 2 atom stereocenters. The van der Waals surface area contributed by atoms with Crippen molar-refractivity contribution >= 4 is 21.6 Å². The van der Waals surface area contributed by atoms with Crippen LogP contribution in [0, 0.1) is 6.92 Å². The molecule has 1 aromatic carbocycles. The van der Waals surface area contributed by atoms with Crippen LogP contribution in [-0.4, -0.2) is 30.1 Å². The van der Waals surface area contributed by atoms with E-state index in [4.69, 9.17) is 0 Å². The van der Waals surface area contributed by atoms with E-state index in [1.54, 1.807) is 0 Å². The summed E-state index contributed by atoms with van der Waals surface area (Å²) in [5.74, 6) is 0. The normalized spacial score (nSPS) is 28.1. The third-order valence-corrected chi connectivity index (χ3v) is 4.69. The monoisotopic (exact) mass is 308 g/mol. The summed E-state index contributed by atoms with van der Waals surface area (Å²) in [7, 11) is 0. The Kier molecular flexibility index (Phi) is 3.62. The Morgan fingerprint density at radius 3 is 2.94 bits per heavy atom. The number of hydrogen-bond acceptors (Lipinski definition) is 2. The average molecular weight is 309 g/mol. The molecule has 0 aliphatic carbocycles. The van der Waals surface area contributed by atoms with Gasteiger partial charge in [0.1, 0.15) is 0 Å². The molecule has 0 spiro atoms. The van der Waals surface area contributed by atoms with Gasteiger partial charge in [-0.25, -0.2) is 0 Å². The Balaban J connectivity index is 1.65. The number of nitrogens with zero attached hydrogens (tertiary/aromatic N) is 1. The van der Waals surface area contributed by atoms with E-state index in [9.17, 15) is 0 Å². The van der Waals surface area contributed by atoms with Gasteiger partial charge in [-0.3, -0.25) is 0 Å². The molecule has 2 unspecified atom stereocenters. The Hall–Kier alpha value is -0.540. The maximum atomic E-state index is 3.72. The lowest BCUT2D eigenvalue weighted by Gasteiger charge is -2.35. The molecule has 18 heavy (non-hydrogen) atoms. The van der Waals surface area contributed by atoms with E-state index in [1.165, 1.54) is 54.5 Å². The lowest BCUT2D eigenvalue weighted by atomic mass is 9.97. The zero-order chi connectivity index (χ0) is 12.5. The lowest BCUT2D eigenvalue weighted by molar-refractivity contribution is 0.188. The molecule has 0 amide bonds. The van der Waals surface area contributed by atoms with Crippen LogP contribution in [0.2, 0.25) is 0 Å². The molecule has 2 heterocycles. The van der Waals surface area contributed by atoms with E-state index in [2.05, 4.69) is 51.3 Å². The van der Waals surface area contributed by atoms with Crippen LogP contribution in [0.3, 0.4) is 0 Å². The SMILES string of the molecule is Cc1cc(Br)cc(NC2CCN3CCCC3C2)c1. The quantitative estimate of drug-likeness (QED) is 0.894. The fourth-order valence-corrected chi connectivity index (χ4v) is 4.02. The first-order valence-corrected chi connectivity index (χ1v) is 7.78. The smallest absolute Gasteiger partial charge is 0.0356 e. The van der Waals surface area contributed by atoms with Crippen LogP contribution in [0.1, 0.15) is 31.2 Å². The van der Waals surface area contributed by atoms with Gasteiger partial charge in [-0.05, 0) is 62.9 Å². The van der Waals surface area contributed by atoms with Crippen molar-refractivity contribution in [2.45, 2.75) is 44.7 Å². The Morgan fingerprint density at radius 2 is 2.11 bits per heavy atom. The molecule has 3 heteroatoms. The lowest BCUT2D eigenvalue weighted by Crippen LogP contribution is -2.42. The van der Waals surface area contributed by atoms with Crippen molar-refractivity contribution in [1.82, 2.24) is 4.90 Å². The second-order valence-corrected chi connectivity index (χ2v) is 6.63. The maximum absolute atomic E-state index is 3.72. The van der Waals surface area contributed by atoms with Gasteiger partial charge in [0.05, 0.1) is 0 Å². The molecular formula is C15H21BrN2. The number of nitrogens with one attached hydrogen (secondary N) is 1.